The summed E-state index contributed by atoms with van der Waals surface area (Å²) in [7, 11) is 0. The maximum atomic E-state index is 15.0. The van der Waals surface area contributed by atoms with Crippen LogP contribution >= 0.6 is 0 Å². The first-order valence-electron chi connectivity index (χ1n) is 15.0. The highest BCUT2D eigenvalue weighted by Crippen LogP contribution is 2.37. The number of carbonyl (C=O) groups is 3. The lowest BCUT2D eigenvalue weighted by molar-refractivity contribution is -0.143. The van der Waals surface area contributed by atoms with Gasteiger partial charge < -0.3 is 15.0 Å². The molecule has 6 nitrogen and oxygen atoms in total. The standard InChI is InChI=1S/C35H43FN2O4/c1-6-42-30(39)20-17-24-15-18-25(19-16-24)32-28(33(40)37-27-12-8-11-26(22-27)35(3,4)5)13-9-21-38(32)34(41)31-23(2)10-7-14-29(31)36/h7-8,10-12,14-16,18,22,25,28,32H,6,9,13,17,19-21H2,1-5H3,(H,37,40)/t25?,28-,32-/m0/s1. The molecule has 224 valence electrons. The average Bonchev–Trinajstić information content (AvgIpc) is 2.95. The van der Waals surface area contributed by atoms with Crippen molar-refractivity contribution in [3.63, 3.8) is 0 Å². The Labute approximate surface area is 249 Å². The number of carbonyl (C=O) groups excluding carboxylic acids is 3. The molecule has 1 aliphatic carbocycles. The molecule has 2 aromatic carbocycles. The third-order valence-electron chi connectivity index (χ3n) is 8.29. The molecule has 0 aromatic heterocycles. The number of allylic oxidation sites excluding steroid dienone is 3. The second kappa shape index (κ2) is 13.5. The zero-order chi connectivity index (χ0) is 30.4. The summed E-state index contributed by atoms with van der Waals surface area (Å²) >= 11 is 0. The van der Waals surface area contributed by atoms with Gasteiger partial charge >= 0.3 is 5.97 Å². The van der Waals surface area contributed by atoms with Crippen LogP contribution in [0.5, 0.6) is 0 Å². The number of anilines is 1. The second-order valence-electron chi connectivity index (χ2n) is 12.3. The summed E-state index contributed by atoms with van der Waals surface area (Å²) < 4.78 is 20.0. The van der Waals surface area contributed by atoms with Crippen molar-refractivity contribution < 1.29 is 23.5 Å². The smallest absolute Gasteiger partial charge is 0.306 e. The van der Waals surface area contributed by atoms with Crippen LogP contribution in [0.2, 0.25) is 0 Å². The van der Waals surface area contributed by atoms with Crippen LogP contribution < -0.4 is 5.32 Å². The summed E-state index contributed by atoms with van der Waals surface area (Å²) in [6, 6.07) is 12.1. The number of esters is 1. The quantitative estimate of drug-likeness (QED) is 0.340. The molecule has 0 bridgehead atoms. The van der Waals surface area contributed by atoms with Gasteiger partial charge in [-0.2, -0.15) is 0 Å². The topological polar surface area (TPSA) is 75.7 Å². The van der Waals surface area contributed by atoms with E-state index in [9.17, 15) is 18.8 Å². The summed E-state index contributed by atoms with van der Waals surface area (Å²) in [5.74, 6) is -1.91. The molecule has 1 fully saturated rings. The summed E-state index contributed by atoms with van der Waals surface area (Å²) in [6.45, 7) is 10.7. The highest BCUT2D eigenvalue weighted by molar-refractivity contribution is 5.98. The Bertz CT molecular complexity index is 1350. The van der Waals surface area contributed by atoms with E-state index in [0.717, 1.165) is 16.8 Å². The summed E-state index contributed by atoms with van der Waals surface area (Å²) in [4.78, 5) is 41.4. The molecule has 0 saturated carbocycles. The van der Waals surface area contributed by atoms with Gasteiger partial charge in [0.25, 0.3) is 5.91 Å². The first-order valence-corrected chi connectivity index (χ1v) is 15.0. The number of halogens is 1. The molecular formula is C35H43FN2O4. The second-order valence-corrected chi connectivity index (χ2v) is 12.3. The molecule has 3 atom stereocenters. The van der Waals surface area contributed by atoms with Gasteiger partial charge in [0.05, 0.1) is 24.1 Å². The molecule has 1 unspecified atom stereocenters. The van der Waals surface area contributed by atoms with Crippen molar-refractivity contribution in [1.29, 1.82) is 0 Å². The van der Waals surface area contributed by atoms with Gasteiger partial charge in [-0.05, 0) is 74.3 Å². The van der Waals surface area contributed by atoms with Gasteiger partial charge in [-0.15, -0.1) is 0 Å². The van der Waals surface area contributed by atoms with E-state index >= 15 is 0 Å². The van der Waals surface area contributed by atoms with Gasteiger partial charge in [-0.1, -0.05) is 68.8 Å². The van der Waals surface area contributed by atoms with Crippen molar-refractivity contribution in [2.75, 3.05) is 18.5 Å². The van der Waals surface area contributed by atoms with Crippen molar-refractivity contribution in [2.45, 2.75) is 78.2 Å². The van der Waals surface area contributed by atoms with Crippen LogP contribution in [-0.4, -0.2) is 41.9 Å². The number of nitrogens with one attached hydrogen (secondary N) is 1. The van der Waals surface area contributed by atoms with Crippen LogP contribution in [-0.2, 0) is 19.7 Å². The van der Waals surface area contributed by atoms with Gasteiger partial charge in [0, 0.05) is 24.6 Å². The zero-order valence-corrected chi connectivity index (χ0v) is 25.4. The van der Waals surface area contributed by atoms with E-state index in [2.05, 4.69) is 38.2 Å². The molecule has 4 rings (SSSR count). The summed E-state index contributed by atoms with van der Waals surface area (Å²) in [5, 5.41) is 3.13. The van der Waals surface area contributed by atoms with Crippen molar-refractivity contribution in [2.24, 2.45) is 11.8 Å². The normalized spacial score (nSPS) is 20.6. The molecule has 2 aliphatic rings. The number of benzene rings is 2. The number of piperidine rings is 1. The molecule has 2 aromatic rings. The largest absolute Gasteiger partial charge is 0.466 e. The van der Waals surface area contributed by atoms with E-state index < -0.39 is 17.8 Å². The molecule has 0 radical (unpaired) electrons. The third kappa shape index (κ3) is 7.36. The average molecular weight is 575 g/mol. The molecule has 7 heteroatoms. The Kier molecular flexibility index (Phi) is 10.0. The van der Waals surface area contributed by atoms with E-state index in [-0.39, 0.29) is 34.7 Å². The van der Waals surface area contributed by atoms with Crippen LogP contribution in [0.4, 0.5) is 10.1 Å². The van der Waals surface area contributed by atoms with Gasteiger partial charge in [-0.25, -0.2) is 4.39 Å². The van der Waals surface area contributed by atoms with Crippen molar-refractivity contribution >= 4 is 23.5 Å². The predicted octanol–water partition coefficient (Wildman–Crippen LogP) is 7.14. The fourth-order valence-corrected chi connectivity index (χ4v) is 6.02. The number of hydrogen-bond donors (Lipinski definition) is 1. The highest BCUT2D eigenvalue weighted by atomic mass is 19.1. The molecule has 1 N–H and O–H groups in total. The minimum Gasteiger partial charge on any atom is -0.466 e. The number of nitrogens with zero attached hydrogens (tertiary/aromatic N) is 1. The van der Waals surface area contributed by atoms with E-state index in [1.165, 1.54) is 6.07 Å². The van der Waals surface area contributed by atoms with E-state index in [1.54, 1.807) is 30.9 Å². The van der Waals surface area contributed by atoms with E-state index in [0.29, 0.717) is 50.8 Å². The molecule has 1 aliphatic heterocycles. The molecule has 42 heavy (non-hydrogen) atoms. The number of likely N-dealkylation sites (tertiary alicyclic amines) is 1. The summed E-state index contributed by atoms with van der Waals surface area (Å²) in [6.07, 6.45) is 8.87. The Morgan fingerprint density at radius 2 is 1.88 bits per heavy atom. The first-order chi connectivity index (χ1) is 20.0. The van der Waals surface area contributed by atoms with Crippen LogP contribution in [0.25, 0.3) is 0 Å². The summed E-state index contributed by atoms with van der Waals surface area (Å²) in [5.41, 5.74) is 3.43. The Balaban J connectivity index is 1.61. The minimum atomic E-state index is -0.551. The third-order valence-corrected chi connectivity index (χ3v) is 8.29. The van der Waals surface area contributed by atoms with Crippen molar-refractivity contribution in [3.05, 3.63) is 88.8 Å². The van der Waals surface area contributed by atoms with E-state index in [1.807, 2.05) is 30.4 Å². The number of aryl methyl sites for hydroxylation is 1. The monoisotopic (exact) mass is 574 g/mol. The lowest BCUT2D eigenvalue weighted by Gasteiger charge is -2.44. The maximum Gasteiger partial charge on any atom is 0.306 e. The fraction of sp³-hybridized carbons (Fsp3) is 0.457. The Hall–Kier alpha value is -3.74. The molecular weight excluding hydrogens is 531 g/mol. The van der Waals surface area contributed by atoms with Gasteiger partial charge in [0.2, 0.25) is 5.91 Å². The van der Waals surface area contributed by atoms with Crippen molar-refractivity contribution in [3.8, 4) is 0 Å². The number of amides is 2. The van der Waals surface area contributed by atoms with E-state index in [4.69, 9.17) is 4.74 Å². The number of ether oxygens (including phenoxy) is 1. The highest BCUT2D eigenvalue weighted by Gasteiger charge is 2.43. The maximum absolute atomic E-state index is 15.0. The van der Waals surface area contributed by atoms with Gasteiger partial charge in [0.15, 0.2) is 0 Å². The van der Waals surface area contributed by atoms with Crippen molar-refractivity contribution in [1.82, 2.24) is 4.90 Å². The number of rotatable bonds is 8. The Morgan fingerprint density at radius 1 is 1.12 bits per heavy atom. The molecule has 0 spiro atoms. The minimum absolute atomic E-state index is 0.0619. The van der Waals surface area contributed by atoms with Gasteiger partial charge in [0.1, 0.15) is 5.82 Å². The zero-order valence-electron chi connectivity index (χ0n) is 25.4. The predicted molar refractivity (Wildman–Crippen MR) is 164 cm³/mol. The molecule has 1 heterocycles. The van der Waals surface area contributed by atoms with Crippen LogP contribution in [0.1, 0.15) is 81.3 Å². The number of hydrogen-bond acceptors (Lipinski definition) is 4. The van der Waals surface area contributed by atoms with Gasteiger partial charge in [-0.3, -0.25) is 14.4 Å². The lowest BCUT2D eigenvalue weighted by atomic mass is 9.76. The molecule has 1 saturated heterocycles. The lowest BCUT2D eigenvalue weighted by Crippen LogP contribution is -2.55. The molecule has 2 amide bonds. The Morgan fingerprint density at radius 3 is 2.55 bits per heavy atom. The van der Waals surface area contributed by atoms with Crippen LogP contribution in [0, 0.1) is 24.6 Å². The fourth-order valence-electron chi connectivity index (χ4n) is 6.02. The first kappa shape index (κ1) is 31.2. The van der Waals surface area contributed by atoms with Crippen LogP contribution in [0.15, 0.2) is 66.3 Å². The van der Waals surface area contributed by atoms with Crippen LogP contribution in [0.3, 0.4) is 0 Å². The SMILES string of the molecule is CCOC(=O)CCC1=CCC([C@H]2[C@@H](C(=O)Nc3cccc(C(C)(C)C)c3)CCCN2C(=O)c2c(C)cccc2F)C=C1.